The molecule has 2 heteroatoms. The van der Waals surface area contributed by atoms with Crippen molar-refractivity contribution in [3.8, 4) is 0 Å². The molecule has 0 aromatic carbocycles. The summed E-state index contributed by atoms with van der Waals surface area (Å²) < 4.78 is 0. The van der Waals surface area contributed by atoms with Crippen molar-refractivity contribution in [3.05, 3.63) is 0 Å². The topological polar surface area (TPSA) is 44.1 Å². The number of hydrogen-bond acceptors (Lipinski definition) is 2. The Balaban J connectivity index is 0. The van der Waals surface area contributed by atoms with Crippen LogP contribution in [-0.4, -0.2) is 17.4 Å². The molecule has 0 spiro atoms. The first-order valence-electron chi connectivity index (χ1n) is 5.39. The predicted octanol–water partition coefficient (Wildman–Crippen LogP) is 3.39. The Hall–Kier alpha value is -0.370. The first kappa shape index (κ1) is 15.1. The first-order chi connectivity index (χ1) is 6.22. The van der Waals surface area contributed by atoms with Crippen LogP contribution in [0.2, 0.25) is 0 Å². The van der Waals surface area contributed by atoms with Gasteiger partial charge in [0.05, 0.1) is 0 Å². The van der Waals surface area contributed by atoms with Crippen LogP contribution in [0, 0.1) is 5.41 Å². The fourth-order valence-electron chi connectivity index (χ4n) is 0.979. The molecular weight excluding hydrogens is 162 g/mol. The highest BCUT2D eigenvalue weighted by atomic mass is 16.2. The van der Waals surface area contributed by atoms with Crippen molar-refractivity contribution in [2.24, 2.45) is 0 Å². The zero-order valence-electron chi connectivity index (χ0n) is 9.40. The van der Waals surface area contributed by atoms with Crippen molar-refractivity contribution in [2.75, 3.05) is 6.61 Å². The van der Waals surface area contributed by atoms with E-state index in [2.05, 4.69) is 13.8 Å². The lowest BCUT2D eigenvalue weighted by Gasteiger charge is -2.08. The van der Waals surface area contributed by atoms with Gasteiger partial charge in [0.15, 0.2) is 0 Å². The molecule has 0 amide bonds. The summed E-state index contributed by atoms with van der Waals surface area (Å²) in [5, 5.41) is 14.8. The third kappa shape index (κ3) is 18.5. The molecule has 0 unspecified atom stereocenters. The van der Waals surface area contributed by atoms with Crippen LogP contribution in [0.4, 0.5) is 0 Å². The summed E-state index contributed by atoms with van der Waals surface area (Å²) in [6, 6.07) is 0. The number of hydrogen-bond donors (Lipinski definition) is 2. The maximum atomic E-state index is 7.57. The van der Waals surface area contributed by atoms with Gasteiger partial charge in [-0.1, -0.05) is 26.7 Å². The third-order valence-electron chi connectivity index (χ3n) is 1.46. The number of rotatable bonds is 0. The summed E-state index contributed by atoms with van der Waals surface area (Å²) in [5.41, 5.74) is 0.964. The standard InChI is InChI=1S/C6H11N.C3H8.C2H6O/c7-6-4-2-1-3-5-6;1-3-2;1-2-3/h7H,1-5H2;3H2,1-2H3;3H,2H2,1H3. The minimum absolute atomic E-state index is 0.250. The predicted molar refractivity (Wildman–Crippen MR) is 59.5 cm³/mol. The number of aliphatic hydroxyl groups excluding tert-OH is 1. The molecule has 2 nitrogen and oxygen atoms in total. The van der Waals surface area contributed by atoms with Gasteiger partial charge in [0.25, 0.3) is 0 Å². The molecule has 1 aliphatic rings. The molecule has 1 aliphatic carbocycles. The summed E-state index contributed by atoms with van der Waals surface area (Å²) >= 11 is 0. The van der Waals surface area contributed by atoms with Crippen molar-refractivity contribution in [3.63, 3.8) is 0 Å². The van der Waals surface area contributed by atoms with Gasteiger partial charge in [-0.3, -0.25) is 0 Å². The van der Waals surface area contributed by atoms with Gasteiger partial charge >= 0.3 is 0 Å². The highest BCUT2D eigenvalue weighted by Crippen LogP contribution is 2.12. The van der Waals surface area contributed by atoms with E-state index in [-0.39, 0.29) is 6.61 Å². The third-order valence-corrected chi connectivity index (χ3v) is 1.46. The minimum atomic E-state index is 0.250. The van der Waals surface area contributed by atoms with E-state index in [0.717, 1.165) is 18.6 Å². The molecule has 0 bridgehead atoms. The largest absolute Gasteiger partial charge is 0.397 e. The van der Waals surface area contributed by atoms with Crippen LogP contribution in [0.15, 0.2) is 0 Å². The molecule has 2 N–H and O–H groups in total. The molecule has 0 aromatic heterocycles. The van der Waals surface area contributed by atoms with Gasteiger partial charge in [-0.05, 0) is 32.6 Å². The fourth-order valence-corrected chi connectivity index (χ4v) is 0.979. The second kappa shape index (κ2) is 14.2. The first-order valence-corrected chi connectivity index (χ1v) is 5.39. The molecule has 0 saturated heterocycles. The molecule has 80 valence electrons. The average Bonchev–Trinajstić information content (AvgIpc) is 2.08. The van der Waals surface area contributed by atoms with Crippen LogP contribution in [0.25, 0.3) is 0 Å². The van der Waals surface area contributed by atoms with Gasteiger partial charge in [0, 0.05) is 12.3 Å². The van der Waals surface area contributed by atoms with Crippen LogP contribution in [0.3, 0.4) is 0 Å². The van der Waals surface area contributed by atoms with E-state index in [0.29, 0.717) is 0 Å². The Kier molecular flexibility index (Phi) is 16.5. The fraction of sp³-hybridized carbons (Fsp3) is 0.909. The van der Waals surface area contributed by atoms with Crippen molar-refractivity contribution in [1.82, 2.24) is 0 Å². The normalized spacial score (nSPS) is 14.9. The summed E-state index contributed by atoms with van der Waals surface area (Å²) in [4.78, 5) is 0. The average molecular weight is 187 g/mol. The van der Waals surface area contributed by atoms with Gasteiger partial charge < -0.3 is 10.5 Å². The molecule has 1 rings (SSSR count). The molecule has 13 heavy (non-hydrogen) atoms. The Morgan fingerprint density at radius 3 is 1.54 bits per heavy atom. The maximum absolute atomic E-state index is 7.57. The number of aliphatic hydroxyl groups is 1. The van der Waals surface area contributed by atoms with E-state index in [1.54, 1.807) is 6.92 Å². The molecule has 0 aliphatic heterocycles. The summed E-state index contributed by atoms with van der Waals surface area (Å²) in [5.74, 6) is 0. The Morgan fingerprint density at radius 2 is 1.38 bits per heavy atom. The van der Waals surface area contributed by atoms with Crippen molar-refractivity contribution in [1.29, 1.82) is 5.41 Å². The van der Waals surface area contributed by atoms with Crippen molar-refractivity contribution >= 4 is 5.71 Å². The van der Waals surface area contributed by atoms with Gasteiger partial charge in [-0.25, -0.2) is 0 Å². The lowest BCUT2D eigenvalue weighted by atomic mass is 9.99. The molecule has 1 fully saturated rings. The monoisotopic (exact) mass is 187 g/mol. The van der Waals surface area contributed by atoms with E-state index in [4.69, 9.17) is 10.5 Å². The van der Waals surface area contributed by atoms with Crippen LogP contribution in [-0.2, 0) is 0 Å². The molecule has 0 radical (unpaired) electrons. The summed E-state index contributed by atoms with van der Waals surface area (Å²) in [6.45, 7) is 6.18. The smallest absolute Gasteiger partial charge is 0.0402 e. The van der Waals surface area contributed by atoms with E-state index in [9.17, 15) is 0 Å². The van der Waals surface area contributed by atoms with E-state index >= 15 is 0 Å². The highest BCUT2D eigenvalue weighted by Gasteiger charge is 2.02. The molecule has 0 heterocycles. The van der Waals surface area contributed by atoms with Crippen LogP contribution >= 0.6 is 0 Å². The van der Waals surface area contributed by atoms with Crippen LogP contribution < -0.4 is 0 Å². The summed E-state index contributed by atoms with van der Waals surface area (Å²) in [6.07, 6.45) is 7.26. The lowest BCUT2D eigenvalue weighted by Crippen LogP contribution is -2.01. The van der Waals surface area contributed by atoms with Gasteiger partial charge in [0.2, 0.25) is 0 Å². The summed E-state index contributed by atoms with van der Waals surface area (Å²) in [7, 11) is 0. The zero-order chi connectivity index (χ0) is 10.5. The van der Waals surface area contributed by atoms with Gasteiger partial charge in [-0.15, -0.1) is 0 Å². The Morgan fingerprint density at radius 1 is 1.08 bits per heavy atom. The minimum Gasteiger partial charge on any atom is -0.397 e. The molecule has 0 atom stereocenters. The SMILES string of the molecule is CCC.CCO.N=C1CCCCC1. The highest BCUT2D eigenvalue weighted by molar-refractivity contribution is 5.81. The van der Waals surface area contributed by atoms with E-state index < -0.39 is 0 Å². The van der Waals surface area contributed by atoms with E-state index in [1.165, 1.54) is 25.7 Å². The van der Waals surface area contributed by atoms with Gasteiger partial charge in [-0.2, -0.15) is 0 Å². The molecule has 1 saturated carbocycles. The Bertz CT molecular complexity index is 92.3. The molecular formula is C11H25NO. The second-order valence-corrected chi connectivity index (χ2v) is 3.19. The maximum Gasteiger partial charge on any atom is 0.0402 e. The van der Waals surface area contributed by atoms with Crippen molar-refractivity contribution < 1.29 is 5.11 Å². The van der Waals surface area contributed by atoms with Crippen LogP contribution in [0.1, 0.15) is 59.3 Å². The van der Waals surface area contributed by atoms with Gasteiger partial charge in [0.1, 0.15) is 0 Å². The van der Waals surface area contributed by atoms with E-state index in [1.807, 2.05) is 0 Å². The molecule has 0 aromatic rings. The number of nitrogens with one attached hydrogen (secondary N) is 1. The quantitative estimate of drug-likeness (QED) is 0.600. The zero-order valence-corrected chi connectivity index (χ0v) is 9.40. The Labute approximate surface area is 82.9 Å². The lowest BCUT2D eigenvalue weighted by molar-refractivity contribution is 0.318. The van der Waals surface area contributed by atoms with Crippen molar-refractivity contribution in [2.45, 2.75) is 59.3 Å². The van der Waals surface area contributed by atoms with Crippen LogP contribution in [0.5, 0.6) is 0 Å². The second-order valence-electron chi connectivity index (χ2n) is 3.19.